The van der Waals surface area contributed by atoms with Gasteiger partial charge in [-0.05, 0) is 61.4 Å². The molecular formula is C21H19ClN2O3S. The maximum absolute atomic E-state index is 12.7. The lowest BCUT2D eigenvalue weighted by atomic mass is 10.1. The van der Waals surface area contributed by atoms with Crippen molar-refractivity contribution in [3.8, 4) is 0 Å². The van der Waals surface area contributed by atoms with E-state index in [0.717, 1.165) is 11.1 Å². The first-order chi connectivity index (χ1) is 13.3. The van der Waals surface area contributed by atoms with Gasteiger partial charge in [0.1, 0.15) is 0 Å². The minimum absolute atomic E-state index is 0.103. The summed E-state index contributed by atoms with van der Waals surface area (Å²) in [5.41, 5.74) is 3.06. The summed E-state index contributed by atoms with van der Waals surface area (Å²) in [7, 11) is -3.75. The van der Waals surface area contributed by atoms with Gasteiger partial charge in [0, 0.05) is 5.69 Å². The fraction of sp³-hybridized carbons (Fsp3) is 0.0952. The van der Waals surface area contributed by atoms with Crippen molar-refractivity contribution in [1.29, 1.82) is 0 Å². The SMILES string of the molecule is Cc1cccc(C)c1NS(=O)(=O)c1ccc(NC(=O)c2ccccc2Cl)cc1. The highest BCUT2D eigenvalue weighted by Crippen LogP contribution is 2.24. The Morgan fingerprint density at radius 3 is 2.07 bits per heavy atom. The number of carbonyl (C=O) groups excluding carboxylic acids is 1. The number of aryl methyl sites for hydroxylation is 2. The van der Waals surface area contributed by atoms with Crippen molar-refractivity contribution in [1.82, 2.24) is 0 Å². The zero-order valence-corrected chi connectivity index (χ0v) is 16.9. The van der Waals surface area contributed by atoms with Crippen molar-refractivity contribution in [3.63, 3.8) is 0 Å². The van der Waals surface area contributed by atoms with Crippen LogP contribution in [0.2, 0.25) is 5.02 Å². The second kappa shape index (κ2) is 8.04. The topological polar surface area (TPSA) is 75.3 Å². The summed E-state index contributed by atoms with van der Waals surface area (Å²) in [4.78, 5) is 12.4. The number of sulfonamides is 1. The Balaban J connectivity index is 1.78. The molecule has 3 aromatic rings. The highest BCUT2D eigenvalue weighted by Gasteiger charge is 2.17. The lowest BCUT2D eigenvalue weighted by Crippen LogP contribution is -2.15. The van der Waals surface area contributed by atoms with E-state index in [1.54, 1.807) is 24.3 Å². The van der Waals surface area contributed by atoms with Crippen LogP contribution in [0.4, 0.5) is 11.4 Å². The number of halogens is 1. The number of rotatable bonds is 5. The van der Waals surface area contributed by atoms with Crippen molar-refractivity contribution in [2.24, 2.45) is 0 Å². The first-order valence-corrected chi connectivity index (χ1v) is 10.4. The van der Waals surface area contributed by atoms with E-state index in [2.05, 4.69) is 10.0 Å². The summed E-state index contributed by atoms with van der Waals surface area (Å²) in [5, 5.41) is 3.05. The normalized spacial score (nSPS) is 11.1. The van der Waals surface area contributed by atoms with E-state index in [-0.39, 0.29) is 10.8 Å². The van der Waals surface area contributed by atoms with Crippen molar-refractivity contribution in [2.45, 2.75) is 18.7 Å². The number of hydrogen-bond donors (Lipinski definition) is 2. The van der Waals surface area contributed by atoms with E-state index in [0.29, 0.717) is 22.0 Å². The van der Waals surface area contributed by atoms with Gasteiger partial charge >= 0.3 is 0 Å². The highest BCUT2D eigenvalue weighted by molar-refractivity contribution is 7.92. The molecule has 3 rings (SSSR count). The summed E-state index contributed by atoms with van der Waals surface area (Å²) >= 11 is 6.02. The van der Waals surface area contributed by atoms with Crippen molar-refractivity contribution in [3.05, 3.63) is 88.4 Å². The van der Waals surface area contributed by atoms with Crippen molar-refractivity contribution in [2.75, 3.05) is 10.0 Å². The predicted molar refractivity (Wildman–Crippen MR) is 113 cm³/mol. The van der Waals surface area contributed by atoms with Crippen LogP contribution in [-0.4, -0.2) is 14.3 Å². The van der Waals surface area contributed by atoms with E-state index in [4.69, 9.17) is 11.6 Å². The molecule has 0 aliphatic carbocycles. The summed E-state index contributed by atoms with van der Waals surface area (Å²) in [6.45, 7) is 3.69. The predicted octanol–water partition coefficient (Wildman–Crippen LogP) is 5.01. The van der Waals surface area contributed by atoms with Gasteiger partial charge in [-0.1, -0.05) is 41.9 Å². The molecule has 0 saturated carbocycles. The van der Waals surface area contributed by atoms with Gasteiger partial charge in [-0.2, -0.15) is 0 Å². The molecule has 0 spiro atoms. The second-order valence-electron chi connectivity index (χ2n) is 6.33. The first-order valence-electron chi connectivity index (χ1n) is 8.53. The molecule has 0 atom stereocenters. The standard InChI is InChI=1S/C21H19ClN2O3S/c1-14-6-5-7-15(2)20(14)24-28(26,27)17-12-10-16(11-13-17)23-21(25)18-8-3-4-9-19(18)22/h3-13,24H,1-2H3,(H,23,25). The van der Waals surface area contributed by atoms with E-state index < -0.39 is 10.0 Å². The molecule has 2 N–H and O–H groups in total. The lowest BCUT2D eigenvalue weighted by Gasteiger charge is -2.13. The van der Waals surface area contributed by atoms with Gasteiger partial charge in [0.2, 0.25) is 0 Å². The van der Waals surface area contributed by atoms with E-state index in [1.165, 1.54) is 24.3 Å². The van der Waals surface area contributed by atoms with Gasteiger partial charge < -0.3 is 5.32 Å². The molecule has 0 aliphatic heterocycles. The zero-order valence-electron chi connectivity index (χ0n) is 15.4. The first kappa shape index (κ1) is 19.9. The highest BCUT2D eigenvalue weighted by atomic mass is 35.5. The Morgan fingerprint density at radius 2 is 1.46 bits per heavy atom. The fourth-order valence-corrected chi connectivity index (χ4v) is 4.15. The maximum atomic E-state index is 12.7. The molecule has 5 nitrogen and oxygen atoms in total. The summed E-state index contributed by atoms with van der Waals surface area (Å²) in [5.74, 6) is -0.366. The number of hydrogen-bond acceptors (Lipinski definition) is 3. The molecule has 7 heteroatoms. The zero-order chi connectivity index (χ0) is 20.3. The van der Waals surface area contributed by atoms with Crippen LogP contribution >= 0.6 is 11.6 Å². The molecule has 1 amide bonds. The fourth-order valence-electron chi connectivity index (χ4n) is 2.73. The van der Waals surface area contributed by atoms with Crippen molar-refractivity contribution < 1.29 is 13.2 Å². The third-order valence-electron chi connectivity index (χ3n) is 4.26. The van der Waals surface area contributed by atoms with Gasteiger partial charge in [-0.3, -0.25) is 9.52 Å². The Labute approximate surface area is 169 Å². The smallest absolute Gasteiger partial charge is 0.261 e. The average Bonchev–Trinajstić information content (AvgIpc) is 2.65. The third kappa shape index (κ3) is 4.35. The summed E-state index contributed by atoms with van der Waals surface area (Å²) in [6.07, 6.45) is 0. The minimum atomic E-state index is -3.75. The van der Waals surface area contributed by atoms with Crippen LogP contribution in [0.5, 0.6) is 0 Å². The second-order valence-corrected chi connectivity index (χ2v) is 8.42. The van der Waals surface area contributed by atoms with Crippen LogP contribution in [0.15, 0.2) is 71.6 Å². The molecule has 0 unspecified atom stereocenters. The molecule has 0 aromatic heterocycles. The molecular weight excluding hydrogens is 396 g/mol. The summed E-state index contributed by atoms with van der Waals surface area (Å²) in [6, 6.07) is 18.2. The maximum Gasteiger partial charge on any atom is 0.261 e. The van der Waals surface area contributed by atoms with Gasteiger partial charge in [-0.15, -0.1) is 0 Å². The average molecular weight is 415 g/mol. The molecule has 3 aromatic carbocycles. The Morgan fingerprint density at radius 1 is 0.857 bits per heavy atom. The Kier molecular flexibility index (Phi) is 5.72. The number of carbonyl (C=O) groups is 1. The minimum Gasteiger partial charge on any atom is -0.322 e. The lowest BCUT2D eigenvalue weighted by molar-refractivity contribution is 0.102. The molecule has 0 fully saturated rings. The summed E-state index contributed by atoms with van der Waals surface area (Å²) < 4.78 is 28.0. The van der Waals surface area contributed by atoms with Gasteiger partial charge in [0.25, 0.3) is 15.9 Å². The molecule has 0 bridgehead atoms. The van der Waals surface area contributed by atoms with Gasteiger partial charge in [-0.25, -0.2) is 8.42 Å². The van der Waals surface area contributed by atoms with Crippen LogP contribution in [0, 0.1) is 13.8 Å². The molecule has 0 saturated heterocycles. The molecule has 0 aliphatic rings. The van der Waals surface area contributed by atoms with Crippen LogP contribution in [-0.2, 0) is 10.0 Å². The van der Waals surface area contributed by atoms with Crippen LogP contribution in [0.1, 0.15) is 21.5 Å². The quantitative estimate of drug-likeness (QED) is 0.616. The third-order valence-corrected chi connectivity index (χ3v) is 5.95. The molecule has 28 heavy (non-hydrogen) atoms. The Hall–Kier alpha value is -2.83. The van der Waals surface area contributed by atoms with Crippen LogP contribution in [0.25, 0.3) is 0 Å². The van der Waals surface area contributed by atoms with E-state index in [9.17, 15) is 13.2 Å². The van der Waals surface area contributed by atoms with Gasteiger partial charge in [0.15, 0.2) is 0 Å². The number of anilines is 2. The number of amides is 1. The van der Waals surface area contributed by atoms with E-state index >= 15 is 0 Å². The van der Waals surface area contributed by atoms with E-state index in [1.807, 2.05) is 32.0 Å². The van der Waals surface area contributed by atoms with Crippen LogP contribution < -0.4 is 10.0 Å². The molecule has 0 radical (unpaired) electrons. The van der Waals surface area contributed by atoms with Gasteiger partial charge in [0.05, 0.1) is 21.2 Å². The monoisotopic (exact) mass is 414 g/mol. The number of benzene rings is 3. The largest absolute Gasteiger partial charge is 0.322 e. The van der Waals surface area contributed by atoms with Crippen LogP contribution in [0.3, 0.4) is 0 Å². The Bertz CT molecular complexity index is 1110. The molecule has 0 heterocycles. The number of nitrogens with one attached hydrogen (secondary N) is 2. The number of para-hydroxylation sites is 1. The van der Waals surface area contributed by atoms with Crippen molar-refractivity contribution >= 4 is 38.9 Å². The molecule has 144 valence electrons.